The molecule has 1 heterocycles. The normalized spacial score (nSPS) is 10.8. The Kier molecular flexibility index (Phi) is 2.62. The average molecular weight is 201 g/mol. The number of nitrogens with zero attached hydrogens (tertiary/aromatic N) is 1. The molecule has 5 nitrogen and oxygen atoms in total. The maximum absolute atomic E-state index is 11.0. The predicted octanol–water partition coefficient (Wildman–Crippen LogP) is 0.198. The Labute approximate surface area is 75.5 Å². The van der Waals surface area contributed by atoms with E-state index in [-0.39, 0.29) is 5.56 Å². The smallest absolute Gasteiger partial charge is 0.341 e. The summed E-state index contributed by atoms with van der Waals surface area (Å²) in [5, 5.41) is 0. The number of hydrogen-bond acceptors (Lipinski definition) is 5. The summed E-state index contributed by atoms with van der Waals surface area (Å²) in [6, 6.07) is 2.93. The van der Waals surface area contributed by atoms with Crippen LogP contribution in [-0.4, -0.2) is 25.6 Å². The van der Waals surface area contributed by atoms with Gasteiger partial charge in [0, 0.05) is 12.4 Å². The molecule has 0 aliphatic heterocycles. The van der Waals surface area contributed by atoms with Crippen molar-refractivity contribution in [1.82, 2.24) is 4.98 Å². The molecule has 0 aliphatic carbocycles. The van der Waals surface area contributed by atoms with Crippen molar-refractivity contribution in [1.29, 1.82) is 0 Å². The number of pyridine rings is 1. The molecule has 0 unspecified atom stereocenters. The van der Waals surface area contributed by atoms with Crippen molar-refractivity contribution in [3.63, 3.8) is 0 Å². The molecule has 0 radical (unpaired) electrons. The van der Waals surface area contributed by atoms with Crippen molar-refractivity contribution < 1.29 is 17.4 Å². The molecular weight excluding hydrogens is 194 g/mol. The molecule has 0 spiro atoms. The molecule has 0 amide bonds. The van der Waals surface area contributed by atoms with E-state index in [1.54, 1.807) is 0 Å². The summed E-state index contributed by atoms with van der Waals surface area (Å²) in [7, 11) is -3.75. The minimum absolute atomic E-state index is 0.105. The van der Waals surface area contributed by atoms with Gasteiger partial charge in [-0.15, -0.1) is 0 Å². The van der Waals surface area contributed by atoms with Crippen molar-refractivity contribution in [3.8, 4) is 0 Å². The van der Waals surface area contributed by atoms with Gasteiger partial charge in [-0.05, 0) is 12.1 Å². The van der Waals surface area contributed by atoms with Crippen LogP contribution >= 0.6 is 0 Å². The van der Waals surface area contributed by atoms with Crippen molar-refractivity contribution in [2.75, 3.05) is 6.26 Å². The summed E-state index contributed by atoms with van der Waals surface area (Å²) < 4.78 is 25.2. The molecule has 70 valence electrons. The van der Waals surface area contributed by atoms with Gasteiger partial charge in [-0.1, -0.05) is 0 Å². The first-order valence-corrected chi connectivity index (χ1v) is 5.14. The van der Waals surface area contributed by atoms with E-state index < -0.39 is 16.1 Å². The predicted molar refractivity (Wildman–Crippen MR) is 44.5 cm³/mol. The summed E-state index contributed by atoms with van der Waals surface area (Å²) in [6.45, 7) is 0. The molecule has 0 N–H and O–H groups in total. The van der Waals surface area contributed by atoms with E-state index in [9.17, 15) is 13.2 Å². The Balaban J connectivity index is 2.82. The van der Waals surface area contributed by atoms with Crippen molar-refractivity contribution >= 4 is 16.1 Å². The first-order valence-electron chi connectivity index (χ1n) is 3.33. The van der Waals surface area contributed by atoms with Crippen LogP contribution in [0.2, 0.25) is 0 Å². The van der Waals surface area contributed by atoms with E-state index >= 15 is 0 Å². The van der Waals surface area contributed by atoms with E-state index in [2.05, 4.69) is 9.17 Å². The molecule has 0 aromatic carbocycles. The highest BCUT2D eigenvalue weighted by molar-refractivity contribution is 7.86. The lowest BCUT2D eigenvalue weighted by Crippen LogP contribution is -2.11. The van der Waals surface area contributed by atoms with Gasteiger partial charge < -0.3 is 4.18 Å². The van der Waals surface area contributed by atoms with E-state index in [0.717, 1.165) is 6.26 Å². The molecule has 1 aromatic heterocycles. The first kappa shape index (κ1) is 9.66. The Morgan fingerprint density at radius 1 is 1.54 bits per heavy atom. The van der Waals surface area contributed by atoms with Gasteiger partial charge in [-0.2, -0.15) is 8.42 Å². The monoisotopic (exact) mass is 201 g/mol. The van der Waals surface area contributed by atoms with Gasteiger partial charge in [-0.25, -0.2) is 4.79 Å². The molecule has 0 saturated heterocycles. The number of hydrogen-bond donors (Lipinski definition) is 0. The lowest BCUT2D eigenvalue weighted by molar-refractivity contribution is 0.0748. The third-order valence-electron chi connectivity index (χ3n) is 1.12. The van der Waals surface area contributed by atoms with Crippen molar-refractivity contribution in [2.24, 2.45) is 0 Å². The maximum Gasteiger partial charge on any atom is 0.355 e. The van der Waals surface area contributed by atoms with E-state index in [1.807, 2.05) is 0 Å². The second-order valence-corrected chi connectivity index (χ2v) is 3.89. The minimum atomic E-state index is -3.75. The van der Waals surface area contributed by atoms with Crippen molar-refractivity contribution in [2.45, 2.75) is 0 Å². The molecule has 0 aliphatic rings. The number of carbonyl (C=O) groups excluding carboxylic acids is 1. The zero-order valence-electron chi connectivity index (χ0n) is 6.80. The van der Waals surface area contributed by atoms with Gasteiger partial charge in [0.05, 0.1) is 11.8 Å². The van der Waals surface area contributed by atoms with Gasteiger partial charge in [0.15, 0.2) is 0 Å². The summed E-state index contributed by atoms with van der Waals surface area (Å²) >= 11 is 0. The molecule has 0 saturated carbocycles. The largest absolute Gasteiger partial charge is 0.355 e. The Morgan fingerprint density at radius 2 is 2.23 bits per heavy atom. The summed E-state index contributed by atoms with van der Waals surface area (Å²) in [5.74, 6) is -0.921. The van der Waals surface area contributed by atoms with Crippen LogP contribution in [0.4, 0.5) is 0 Å². The lowest BCUT2D eigenvalue weighted by Gasteiger charge is -1.99. The van der Waals surface area contributed by atoms with Gasteiger partial charge in [0.1, 0.15) is 0 Å². The third-order valence-corrected chi connectivity index (χ3v) is 1.58. The van der Waals surface area contributed by atoms with Crippen LogP contribution in [0.5, 0.6) is 0 Å². The summed E-state index contributed by atoms with van der Waals surface area (Å²) in [5.41, 5.74) is 0.105. The Morgan fingerprint density at radius 3 is 2.69 bits per heavy atom. The number of aromatic nitrogens is 1. The molecule has 1 aromatic rings. The second kappa shape index (κ2) is 3.53. The van der Waals surface area contributed by atoms with E-state index in [1.165, 1.54) is 24.5 Å². The zero-order valence-corrected chi connectivity index (χ0v) is 7.61. The van der Waals surface area contributed by atoms with Crippen LogP contribution in [0.25, 0.3) is 0 Å². The Hall–Kier alpha value is -1.43. The SMILES string of the molecule is CS(=O)(=O)OC(=O)c1cccnc1. The van der Waals surface area contributed by atoms with Crippen LogP contribution in [-0.2, 0) is 14.3 Å². The molecule has 6 heteroatoms. The maximum atomic E-state index is 11.0. The Bertz CT molecular complexity index is 398. The quantitative estimate of drug-likeness (QED) is 0.639. The van der Waals surface area contributed by atoms with Crippen LogP contribution in [0.3, 0.4) is 0 Å². The summed E-state index contributed by atoms with van der Waals surface area (Å²) in [6.07, 6.45) is 3.51. The highest BCUT2D eigenvalue weighted by atomic mass is 32.2. The number of carbonyl (C=O) groups is 1. The zero-order chi connectivity index (χ0) is 9.90. The molecule has 0 bridgehead atoms. The summed E-state index contributed by atoms with van der Waals surface area (Å²) in [4.78, 5) is 14.7. The topological polar surface area (TPSA) is 73.3 Å². The van der Waals surface area contributed by atoms with Gasteiger partial charge >= 0.3 is 16.1 Å². The average Bonchev–Trinajstić information content (AvgIpc) is 2.03. The molecule has 1 rings (SSSR count). The van der Waals surface area contributed by atoms with Crippen LogP contribution in [0, 0.1) is 0 Å². The highest BCUT2D eigenvalue weighted by Crippen LogP contribution is 2.01. The molecular formula is C7H7NO4S. The number of rotatable bonds is 2. The molecule has 0 atom stereocenters. The molecule has 13 heavy (non-hydrogen) atoms. The third kappa shape index (κ3) is 3.20. The first-order chi connectivity index (χ1) is 5.99. The van der Waals surface area contributed by atoms with Crippen LogP contribution in [0.1, 0.15) is 10.4 Å². The fraction of sp³-hybridized carbons (Fsp3) is 0.143. The van der Waals surface area contributed by atoms with Gasteiger partial charge in [0.25, 0.3) is 0 Å². The standard InChI is InChI=1S/C7H7NO4S/c1-13(10,11)12-7(9)6-3-2-4-8-5-6/h2-5H,1H3. The minimum Gasteiger partial charge on any atom is -0.341 e. The second-order valence-electron chi connectivity index (χ2n) is 2.32. The highest BCUT2D eigenvalue weighted by Gasteiger charge is 2.12. The van der Waals surface area contributed by atoms with Crippen LogP contribution in [0.15, 0.2) is 24.5 Å². The molecule has 0 fully saturated rings. The van der Waals surface area contributed by atoms with Crippen molar-refractivity contribution in [3.05, 3.63) is 30.1 Å². The van der Waals surface area contributed by atoms with Gasteiger partial charge in [-0.3, -0.25) is 4.98 Å². The van der Waals surface area contributed by atoms with Gasteiger partial charge in [0.2, 0.25) is 0 Å². The van der Waals surface area contributed by atoms with E-state index in [0.29, 0.717) is 0 Å². The van der Waals surface area contributed by atoms with E-state index in [4.69, 9.17) is 0 Å². The van der Waals surface area contributed by atoms with Crippen LogP contribution < -0.4 is 0 Å². The lowest BCUT2D eigenvalue weighted by atomic mass is 10.3. The fourth-order valence-electron chi connectivity index (χ4n) is 0.669. The fourth-order valence-corrected chi connectivity index (χ4v) is 1.04.